The molecule has 0 aliphatic carbocycles. The van der Waals surface area contributed by atoms with Crippen LogP contribution in [0.25, 0.3) is 0 Å². The predicted molar refractivity (Wildman–Crippen MR) is 97.5 cm³/mol. The van der Waals surface area contributed by atoms with Crippen LogP contribution in [0.1, 0.15) is 17.5 Å². The Morgan fingerprint density at radius 2 is 1.85 bits per heavy atom. The molecule has 2 aliphatic heterocycles. The fraction of sp³-hybridized carbons (Fsp3) is 0.333. The van der Waals surface area contributed by atoms with E-state index in [0.29, 0.717) is 32.5 Å². The van der Waals surface area contributed by atoms with Crippen molar-refractivity contribution in [3.8, 4) is 5.75 Å². The van der Waals surface area contributed by atoms with Gasteiger partial charge in [-0.3, -0.25) is 9.59 Å². The van der Waals surface area contributed by atoms with Crippen LogP contribution in [0.2, 0.25) is 0 Å². The molecule has 2 aromatic rings. The molecule has 5 heteroatoms. The van der Waals surface area contributed by atoms with E-state index >= 15 is 0 Å². The fourth-order valence-corrected chi connectivity index (χ4v) is 3.75. The van der Waals surface area contributed by atoms with E-state index in [-0.39, 0.29) is 23.8 Å². The molecule has 2 aliphatic rings. The number of fused-ring (bicyclic) bond motifs is 1. The zero-order valence-corrected chi connectivity index (χ0v) is 14.6. The van der Waals surface area contributed by atoms with E-state index in [0.717, 1.165) is 16.9 Å². The van der Waals surface area contributed by atoms with Crippen molar-refractivity contribution >= 4 is 11.8 Å². The Hall–Kier alpha value is -2.82. The minimum atomic E-state index is 0.0874. The summed E-state index contributed by atoms with van der Waals surface area (Å²) >= 11 is 0. The molecule has 0 aromatic heterocycles. The van der Waals surface area contributed by atoms with Gasteiger partial charge in [0.1, 0.15) is 12.4 Å². The molecule has 2 fully saturated rings. The largest absolute Gasteiger partial charge is 0.489 e. The summed E-state index contributed by atoms with van der Waals surface area (Å²) in [6.07, 6.45) is 0.851. The topological polar surface area (TPSA) is 58.6 Å². The highest BCUT2D eigenvalue weighted by molar-refractivity contribution is 5.82. The lowest BCUT2D eigenvalue weighted by molar-refractivity contribution is -0.130. The lowest BCUT2D eigenvalue weighted by Gasteiger charge is -2.18. The lowest BCUT2D eigenvalue weighted by atomic mass is 10.1. The van der Waals surface area contributed by atoms with E-state index < -0.39 is 0 Å². The summed E-state index contributed by atoms with van der Waals surface area (Å²) < 4.78 is 5.95. The first kappa shape index (κ1) is 16.6. The number of benzene rings is 2. The van der Waals surface area contributed by atoms with Crippen LogP contribution in [-0.4, -0.2) is 35.8 Å². The van der Waals surface area contributed by atoms with Crippen molar-refractivity contribution in [1.29, 1.82) is 0 Å². The van der Waals surface area contributed by atoms with Gasteiger partial charge in [-0.05, 0) is 11.6 Å². The molecule has 2 amide bonds. The van der Waals surface area contributed by atoms with Crippen molar-refractivity contribution in [2.45, 2.75) is 25.5 Å². The molecule has 0 spiro atoms. The van der Waals surface area contributed by atoms with E-state index in [4.69, 9.17) is 4.74 Å². The molecule has 0 bridgehead atoms. The monoisotopic (exact) mass is 350 g/mol. The van der Waals surface area contributed by atoms with Crippen LogP contribution in [0.5, 0.6) is 5.75 Å². The van der Waals surface area contributed by atoms with Gasteiger partial charge in [0.15, 0.2) is 0 Å². The molecule has 4 rings (SSSR count). The van der Waals surface area contributed by atoms with Crippen LogP contribution in [0.3, 0.4) is 0 Å². The SMILES string of the molecule is O=C1C[C@H]2CN(C(=O)Cc3ccccc3OCc3ccccc3)C[C@H]2N1. The molecule has 2 atom stereocenters. The van der Waals surface area contributed by atoms with Crippen LogP contribution >= 0.6 is 0 Å². The number of carbonyl (C=O) groups is 2. The number of ether oxygens (including phenoxy) is 1. The van der Waals surface area contributed by atoms with Gasteiger partial charge in [0.25, 0.3) is 0 Å². The highest BCUT2D eigenvalue weighted by Crippen LogP contribution is 2.27. The average Bonchev–Trinajstić information content (AvgIpc) is 3.19. The number of nitrogens with zero attached hydrogens (tertiary/aromatic N) is 1. The number of likely N-dealkylation sites (tertiary alicyclic amines) is 1. The van der Waals surface area contributed by atoms with E-state index in [9.17, 15) is 9.59 Å². The molecule has 2 saturated heterocycles. The van der Waals surface area contributed by atoms with Gasteiger partial charge in [0, 0.05) is 31.0 Å². The zero-order valence-electron chi connectivity index (χ0n) is 14.6. The maximum absolute atomic E-state index is 12.7. The third-order valence-electron chi connectivity index (χ3n) is 5.14. The molecule has 0 saturated carbocycles. The van der Waals surface area contributed by atoms with Crippen molar-refractivity contribution < 1.29 is 14.3 Å². The summed E-state index contributed by atoms with van der Waals surface area (Å²) in [5.41, 5.74) is 1.99. The Labute approximate surface area is 153 Å². The summed E-state index contributed by atoms with van der Waals surface area (Å²) in [4.78, 5) is 26.0. The number of para-hydroxylation sites is 1. The average molecular weight is 350 g/mol. The quantitative estimate of drug-likeness (QED) is 0.899. The predicted octanol–water partition coefficient (Wildman–Crippen LogP) is 2.16. The lowest BCUT2D eigenvalue weighted by Crippen LogP contribution is -2.36. The van der Waals surface area contributed by atoms with E-state index in [1.807, 2.05) is 59.5 Å². The third-order valence-corrected chi connectivity index (χ3v) is 5.14. The van der Waals surface area contributed by atoms with Crippen LogP contribution in [0, 0.1) is 5.92 Å². The molecule has 0 unspecified atom stereocenters. The van der Waals surface area contributed by atoms with E-state index in [2.05, 4.69) is 5.32 Å². The van der Waals surface area contributed by atoms with Crippen molar-refractivity contribution in [1.82, 2.24) is 10.2 Å². The first-order valence-electron chi connectivity index (χ1n) is 9.01. The highest BCUT2D eigenvalue weighted by Gasteiger charge is 2.41. The van der Waals surface area contributed by atoms with Crippen LogP contribution in [-0.2, 0) is 22.6 Å². The number of carbonyl (C=O) groups excluding carboxylic acids is 2. The summed E-state index contributed by atoms with van der Waals surface area (Å²) in [6.45, 7) is 1.75. The van der Waals surface area contributed by atoms with Crippen LogP contribution in [0.4, 0.5) is 0 Å². The van der Waals surface area contributed by atoms with Gasteiger partial charge in [-0.15, -0.1) is 0 Å². The first-order chi connectivity index (χ1) is 12.7. The number of rotatable bonds is 5. The molecule has 26 heavy (non-hydrogen) atoms. The normalized spacial score (nSPS) is 21.4. The minimum absolute atomic E-state index is 0.0874. The Bertz CT molecular complexity index is 790. The van der Waals surface area contributed by atoms with Crippen LogP contribution in [0.15, 0.2) is 54.6 Å². The molecule has 134 valence electrons. The molecule has 0 radical (unpaired) electrons. The Morgan fingerprint density at radius 1 is 1.08 bits per heavy atom. The van der Waals surface area contributed by atoms with Gasteiger partial charge in [0.2, 0.25) is 11.8 Å². The third kappa shape index (κ3) is 3.57. The summed E-state index contributed by atoms with van der Waals surface area (Å²) in [5, 5.41) is 2.96. The van der Waals surface area contributed by atoms with Crippen molar-refractivity contribution in [2.75, 3.05) is 13.1 Å². The smallest absolute Gasteiger partial charge is 0.227 e. The van der Waals surface area contributed by atoms with Crippen molar-refractivity contribution in [3.05, 3.63) is 65.7 Å². The molecule has 2 aromatic carbocycles. The molecule has 2 heterocycles. The maximum atomic E-state index is 12.7. The second-order valence-electron chi connectivity index (χ2n) is 7.00. The molecule has 1 N–H and O–H groups in total. The summed E-state index contributed by atoms with van der Waals surface area (Å²) in [7, 11) is 0. The van der Waals surface area contributed by atoms with Crippen LogP contribution < -0.4 is 10.1 Å². The Kier molecular flexibility index (Phi) is 4.61. The number of nitrogens with one attached hydrogen (secondary N) is 1. The summed E-state index contributed by atoms with van der Waals surface area (Å²) in [5.74, 6) is 1.20. The first-order valence-corrected chi connectivity index (χ1v) is 9.01. The fourth-order valence-electron chi connectivity index (χ4n) is 3.75. The van der Waals surface area contributed by atoms with Gasteiger partial charge in [0.05, 0.1) is 12.5 Å². The van der Waals surface area contributed by atoms with E-state index in [1.165, 1.54) is 0 Å². The summed E-state index contributed by atoms with van der Waals surface area (Å²) in [6, 6.07) is 17.8. The van der Waals surface area contributed by atoms with Gasteiger partial charge >= 0.3 is 0 Å². The highest BCUT2D eigenvalue weighted by atomic mass is 16.5. The number of hydrogen-bond donors (Lipinski definition) is 1. The second-order valence-corrected chi connectivity index (χ2v) is 7.00. The Balaban J connectivity index is 1.39. The van der Waals surface area contributed by atoms with Crippen molar-refractivity contribution in [3.63, 3.8) is 0 Å². The standard InChI is InChI=1S/C21H22N2O3/c24-20-10-17-12-23(13-18(17)22-20)21(25)11-16-8-4-5-9-19(16)26-14-15-6-2-1-3-7-15/h1-9,17-18H,10-14H2,(H,22,24)/t17-,18+/m0/s1. The zero-order chi connectivity index (χ0) is 17.9. The van der Waals surface area contributed by atoms with Crippen molar-refractivity contribution in [2.24, 2.45) is 5.92 Å². The van der Waals surface area contributed by atoms with E-state index in [1.54, 1.807) is 0 Å². The second kappa shape index (κ2) is 7.20. The van der Waals surface area contributed by atoms with Gasteiger partial charge in [-0.2, -0.15) is 0 Å². The Morgan fingerprint density at radius 3 is 2.65 bits per heavy atom. The van der Waals surface area contributed by atoms with Gasteiger partial charge in [-0.25, -0.2) is 0 Å². The molecular weight excluding hydrogens is 328 g/mol. The number of hydrogen-bond acceptors (Lipinski definition) is 3. The minimum Gasteiger partial charge on any atom is -0.489 e. The molecular formula is C21H22N2O3. The maximum Gasteiger partial charge on any atom is 0.227 e. The number of amides is 2. The van der Waals surface area contributed by atoms with Gasteiger partial charge < -0.3 is 15.0 Å². The molecule has 5 nitrogen and oxygen atoms in total. The van der Waals surface area contributed by atoms with Gasteiger partial charge in [-0.1, -0.05) is 48.5 Å².